The van der Waals surface area contributed by atoms with Crippen molar-refractivity contribution in [3.63, 3.8) is 0 Å². The molecule has 1 saturated carbocycles. The number of methoxy groups -OCH3 is 1. The van der Waals surface area contributed by atoms with E-state index in [0.29, 0.717) is 6.61 Å². The Hall–Kier alpha value is -1.89. The second-order valence-corrected chi connectivity index (χ2v) is 4.63. The van der Waals surface area contributed by atoms with Gasteiger partial charge in [-0.2, -0.15) is 4.98 Å². The molecular weight excluding hydrogens is 250 g/mol. The van der Waals surface area contributed by atoms with Crippen LogP contribution in [-0.2, 0) is 9.53 Å². The third-order valence-corrected chi connectivity index (χ3v) is 2.71. The van der Waals surface area contributed by atoms with Gasteiger partial charge in [-0.3, -0.25) is 14.9 Å². The van der Waals surface area contributed by atoms with Gasteiger partial charge in [-0.25, -0.2) is 0 Å². The Morgan fingerprint density at radius 2 is 2.32 bits per heavy atom. The fraction of sp³-hybridized carbons (Fsp3) is 0.583. The van der Waals surface area contributed by atoms with Gasteiger partial charge in [0.2, 0.25) is 5.91 Å². The van der Waals surface area contributed by atoms with Crippen LogP contribution in [-0.4, -0.2) is 36.6 Å². The Labute approximate surface area is 110 Å². The lowest BCUT2D eigenvalue weighted by Gasteiger charge is -2.10. The molecule has 0 radical (unpaired) electrons. The highest BCUT2D eigenvalue weighted by atomic mass is 16.5. The summed E-state index contributed by atoms with van der Waals surface area (Å²) in [5.74, 6) is -0.410. The number of hydrogen-bond acceptors (Lipinski definition) is 5. The topological polar surface area (TPSA) is 93.5 Å². The Balaban J connectivity index is 1.88. The molecule has 0 spiro atoms. The van der Waals surface area contributed by atoms with Crippen molar-refractivity contribution in [3.8, 4) is 0 Å². The molecular formula is C12H17N3O4. The van der Waals surface area contributed by atoms with Gasteiger partial charge in [0.1, 0.15) is 6.26 Å². The predicted molar refractivity (Wildman–Crippen MR) is 66.7 cm³/mol. The first kappa shape index (κ1) is 13.5. The fourth-order valence-electron chi connectivity index (χ4n) is 1.58. The maximum Gasteiger partial charge on any atom is 0.302 e. The van der Waals surface area contributed by atoms with Gasteiger partial charge in [0.25, 0.3) is 5.91 Å². The largest absolute Gasteiger partial charge is 0.431 e. The normalized spacial score (nSPS) is 15.9. The molecule has 2 amide bonds. The zero-order chi connectivity index (χ0) is 13.8. The average Bonchev–Trinajstić information content (AvgIpc) is 3.10. The van der Waals surface area contributed by atoms with Gasteiger partial charge < -0.3 is 14.5 Å². The van der Waals surface area contributed by atoms with Crippen LogP contribution >= 0.6 is 0 Å². The summed E-state index contributed by atoms with van der Waals surface area (Å²) in [6, 6.07) is -0.0693. The van der Waals surface area contributed by atoms with Crippen LogP contribution in [0.5, 0.6) is 0 Å². The fourth-order valence-corrected chi connectivity index (χ4v) is 1.58. The molecule has 1 aliphatic rings. The van der Waals surface area contributed by atoms with Gasteiger partial charge in [-0.05, 0) is 19.8 Å². The summed E-state index contributed by atoms with van der Waals surface area (Å²) in [6.07, 6.45) is 3.01. The van der Waals surface area contributed by atoms with E-state index in [2.05, 4.69) is 15.6 Å². The minimum atomic E-state index is -0.361. The monoisotopic (exact) mass is 267 g/mol. The molecule has 1 fully saturated rings. The first-order chi connectivity index (χ1) is 9.10. The molecule has 7 heteroatoms. The Morgan fingerprint density at radius 3 is 2.95 bits per heavy atom. The van der Waals surface area contributed by atoms with Crippen LogP contribution in [0.4, 0.5) is 6.01 Å². The molecule has 19 heavy (non-hydrogen) atoms. The summed E-state index contributed by atoms with van der Waals surface area (Å²) < 4.78 is 9.96. The average molecular weight is 267 g/mol. The summed E-state index contributed by atoms with van der Waals surface area (Å²) >= 11 is 0. The molecule has 1 aliphatic carbocycles. The zero-order valence-corrected chi connectivity index (χ0v) is 10.9. The van der Waals surface area contributed by atoms with Gasteiger partial charge in [0, 0.05) is 19.1 Å². The van der Waals surface area contributed by atoms with Crippen LogP contribution in [0, 0.1) is 5.92 Å². The van der Waals surface area contributed by atoms with E-state index in [4.69, 9.17) is 9.15 Å². The van der Waals surface area contributed by atoms with E-state index < -0.39 is 0 Å². The van der Waals surface area contributed by atoms with Crippen molar-refractivity contribution >= 4 is 17.8 Å². The first-order valence-corrected chi connectivity index (χ1v) is 6.16. The molecule has 7 nitrogen and oxygen atoms in total. The molecule has 0 bridgehead atoms. The van der Waals surface area contributed by atoms with Crippen LogP contribution in [0.3, 0.4) is 0 Å². The third-order valence-electron chi connectivity index (χ3n) is 2.71. The van der Waals surface area contributed by atoms with Crippen LogP contribution in [0.2, 0.25) is 0 Å². The van der Waals surface area contributed by atoms with Gasteiger partial charge in [0.05, 0.1) is 6.61 Å². The van der Waals surface area contributed by atoms with Crippen molar-refractivity contribution in [2.45, 2.75) is 25.8 Å². The van der Waals surface area contributed by atoms with Crippen molar-refractivity contribution in [1.82, 2.24) is 10.3 Å². The standard InChI is InChI=1S/C12H17N3O4/c1-7(5-18-2)13-11(17)9-6-19-12(14-9)15-10(16)8-3-4-8/h6-8H,3-5H2,1-2H3,(H,13,17)(H,14,15,16). The molecule has 1 heterocycles. The highest BCUT2D eigenvalue weighted by Crippen LogP contribution is 2.29. The molecule has 0 saturated heterocycles. The van der Waals surface area contributed by atoms with E-state index in [1.54, 1.807) is 7.11 Å². The van der Waals surface area contributed by atoms with Crippen molar-refractivity contribution in [2.75, 3.05) is 19.0 Å². The molecule has 1 aromatic heterocycles. The molecule has 0 aliphatic heterocycles. The van der Waals surface area contributed by atoms with E-state index >= 15 is 0 Å². The zero-order valence-electron chi connectivity index (χ0n) is 10.9. The molecule has 0 aromatic carbocycles. The molecule has 104 valence electrons. The second-order valence-electron chi connectivity index (χ2n) is 4.63. The highest BCUT2D eigenvalue weighted by molar-refractivity contribution is 5.94. The summed E-state index contributed by atoms with van der Waals surface area (Å²) in [5, 5.41) is 5.24. The van der Waals surface area contributed by atoms with Gasteiger partial charge >= 0.3 is 6.01 Å². The highest BCUT2D eigenvalue weighted by Gasteiger charge is 2.30. The van der Waals surface area contributed by atoms with Crippen LogP contribution in [0.1, 0.15) is 30.3 Å². The van der Waals surface area contributed by atoms with Gasteiger partial charge in [-0.1, -0.05) is 0 Å². The molecule has 1 atom stereocenters. The molecule has 1 aromatic rings. The maximum atomic E-state index is 11.8. The van der Waals surface area contributed by atoms with E-state index in [0.717, 1.165) is 12.8 Å². The maximum absolute atomic E-state index is 11.8. The first-order valence-electron chi connectivity index (χ1n) is 6.16. The lowest BCUT2D eigenvalue weighted by molar-refractivity contribution is -0.117. The number of aromatic nitrogens is 1. The Bertz CT molecular complexity index is 467. The Kier molecular flexibility index (Phi) is 4.16. The number of oxazole rings is 1. The minimum absolute atomic E-state index is 0.0569. The second kappa shape index (κ2) is 5.83. The summed E-state index contributed by atoms with van der Waals surface area (Å²) in [4.78, 5) is 27.2. The predicted octanol–water partition coefficient (Wildman–Crippen LogP) is 0.788. The summed E-state index contributed by atoms with van der Waals surface area (Å²) in [7, 11) is 1.56. The van der Waals surface area contributed by atoms with Gasteiger partial charge in [-0.15, -0.1) is 0 Å². The number of carbonyl (C=O) groups is 2. The number of hydrogen-bond donors (Lipinski definition) is 2. The molecule has 2 N–H and O–H groups in total. The number of ether oxygens (including phenoxy) is 1. The summed E-state index contributed by atoms with van der Waals surface area (Å²) in [6.45, 7) is 2.23. The van der Waals surface area contributed by atoms with Gasteiger partial charge in [0.15, 0.2) is 5.69 Å². The summed E-state index contributed by atoms with van der Waals surface area (Å²) in [5.41, 5.74) is 0.133. The molecule has 1 unspecified atom stereocenters. The van der Waals surface area contributed by atoms with Crippen LogP contribution in [0.15, 0.2) is 10.7 Å². The van der Waals surface area contributed by atoms with Crippen molar-refractivity contribution in [1.29, 1.82) is 0 Å². The SMILES string of the molecule is COCC(C)NC(=O)c1coc(NC(=O)C2CC2)n1. The lowest BCUT2D eigenvalue weighted by atomic mass is 10.3. The van der Waals surface area contributed by atoms with Crippen molar-refractivity contribution < 1.29 is 18.7 Å². The quantitative estimate of drug-likeness (QED) is 0.794. The number of anilines is 1. The third kappa shape index (κ3) is 3.78. The number of nitrogens with one attached hydrogen (secondary N) is 2. The van der Waals surface area contributed by atoms with Crippen LogP contribution < -0.4 is 10.6 Å². The number of amides is 2. The minimum Gasteiger partial charge on any atom is -0.431 e. The van der Waals surface area contributed by atoms with E-state index in [-0.39, 0.29) is 35.5 Å². The molecule has 2 rings (SSSR count). The smallest absolute Gasteiger partial charge is 0.302 e. The van der Waals surface area contributed by atoms with Crippen molar-refractivity contribution in [2.24, 2.45) is 5.92 Å². The lowest BCUT2D eigenvalue weighted by Crippen LogP contribution is -2.35. The van der Waals surface area contributed by atoms with E-state index in [1.807, 2.05) is 6.92 Å². The van der Waals surface area contributed by atoms with Crippen LogP contribution in [0.25, 0.3) is 0 Å². The van der Waals surface area contributed by atoms with Crippen molar-refractivity contribution in [3.05, 3.63) is 12.0 Å². The van der Waals surface area contributed by atoms with E-state index in [1.165, 1.54) is 6.26 Å². The number of rotatable bonds is 6. The number of nitrogens with zero attached hydrogens (tertiary/aromatic N) is 1. The van der Waals surface area contributed by atoms with E-state index in [9.17, 15) is 9.59 Å². The number of carbonyl (C=O) groups excluding carboxylic acids is 2. The Morgan fingerprint density at radius 1 is 1.58 bits per heavy atom.